The summed E-state index contributed by atoms with van der Waals surface area (Å²) in [7, 11) is 0. The fourth-order valence-electron chi connectivity index (χ4n) is 5.37. The topological polar surface area (TPSA) is 47.0 Å². The lowest BCUT2D eigenvalue weighted by Gasteiger charge is -2.40. The summed E-state index contributed by atoms with van der Waals surface area (Å²) in [4.78, 5) is 17.6. The maximum atomic E-state index is 12.5. The summed E-state index contributed by atoms with van der Waals surface area (Å²) < 4.78 is 0. The van der Waals surface area contributed by atoms with Crippen LogP contribution < -0.4 is 0 Å². The van der Waals surface area contributed by atoms with Crippen LogP contribution in [0.4, 0.5) is 0 Å². The molecule has 1 heterocycles. The maximum Gasteiger partial charge on any atom is 0.270 e. The van der Waals surface area contributed by atoms with Gasteiger partial charge in [0.1, 0.15) is 0 Å². The Kier molecular flexibility index (Phi) is 9.65. The predicted octanol–water partition coefficient (Wildman–Crippen LogP) is 7.24. The Morgan fingerprint density at radius 2 is 1.37 bits per heavy atom. The third kappa shape index (κ3) is 7.51. The molecular weight excluding hydrogens is 530 g/mol. The molecular formula is C35H36ClN3O2. The van der Waals surface area contributed by atoms with Crippen LogP contribution in [0, 0.1) is 0 Å². The van der Waals surface area contributed by atoms with Gasteiger partial charge in [-0.25, -0.2) is 5.06 Å². The van der Waals surface area contributed by atoms with Gasteiger partial charge in [-0.05, 0) is 52.9 Å². The van der Waals surface area contributed by atoms with Gasteiger partial charge < -0.3 is 0 Å². The molecule has 5 rings (SSSR count). The third-order valence-electron chi connectivity index (χ3n) is 7.75. The zero-order chi connectivity index (χ0) is 28.6. The van der Waals surface area contributed by atoms with Gasteiger partial charge in [0.05, 0.1) is 12.1 Å². The van der Waals surface area contributed by atoms with E-state index in [0.717, 1.165) is 53.9 Å². The minimum absolute atomic E-state index is 0.204. The molecule has 1 fully saturated rings. The van der Waals surface area contributed by atoms with Crippen molar-refractivity contribution in [1.82, 2.24) is 14.9 Å². The van der Waals surface area contributed by atoms with E-state index in [-0.39, 0.29) is 6.04 Å². The van der Waals surface area contributed by atoms with E-state index >= 15 is 0 Å². The van der Waals surface area contributed by atoms with Crippen molar-refractivity contribution >= 4 is 23.6 Å². The van der Waals surface area contributed by atoms with Crippen molar-refractivity contribution in [3.63, 3.8) is 0 Å². The molecule has 41 heavy (non-hydrogen) atoms. The number of nitrogens with zero attached hydrogens (tertiary/aromatic N) is 3. The molecule has 0 aromatic heterocycles. The van der Waals surface area contributed by atoms with Crippen LogP contribution in [0.25, 0.3) is 6.08 Å². The monoisotopic (exact) mass is 565 g/mol. The molecule has 2 unspecified atom stereocenters. The smallest absolute Gasteiger partial charge is 0.270 e. The Bertz CT molecular complexity index is 1420. The fourth-order valence-corrected chi connectivity index (χ4v) is 5.50. The summed E-state index contributed by atoms with van der Waals surface area (Å²) in [6, 6.07) is 36.4. The first-order chi connectivity index (χ1) is 20.0. The number of carbonyl (C=O) groups is 1. The Morgan fingerprint density at radius 1 is 0.805 bits per heavy atom. The van der Waals surface area contributed by atoms with E-state index in [9.17, 15) is 10.0 Å². The van der Waals surface area contributed by atoms with E-state index in [1.54, 1.807) is 13.0 Å². The molecule has 4 aromatic rings. The minimum atomic E-state index is -0.448. The lowest BCUT2D eigenvalue weighted by molar-refractivity contribution is -0.169. The molecule has 1 aliphatic heterocycles. The summed E-state index contributed by atoms with van der Waals surface area (Å²) in [5.74, 6) is -0.448. The van der Waals surface area contributed by atoms with Crippen molar-refractivity contribution in [1.29, 1.82) is 0 Å². The van der Waals surface area contributed by atoms with Gasteiger partial charge in [0.2, 0.25) is 0 Å². The van der Waals surface area contributed by atoms with Crippen LogP contribution in [0.15, 0.2) is 115 Å². The molecule has 4 aromatic carbocycles. The SMILES string of the molecule is CC(c1ccccc1)N(O)C(=O)C=Cc1ccc(CN2CCN(C(c3ccccc3)c3ccc(Cl)cc3)CC2)cc1. The van der Waals surface area contributed by atoms with Gasteiger partial charge in [0.15, 0.2) is 0 Å². The van der Waals surface area contributed by atoms with Crippen molar-refractivity contribution in [2.75, 3.05) is 26.2 Å². The lowest BCUT2D eigenvalue weighted by atomic mass is 9.96. The quantitative estimate of drug-likeness (QED) is 0.132. The number of amides is 1. The normalized spacial score (nSPS) is 16.0. The second kappa shape index (κ2) is 13.7. The highest BCUT2D eigenvalue weighted by Crippen LogP contribution is 2.30. The van der Waals surface area contributed by atoms with Crippen molar-refractivity contribution in [2.24, 2.45) is 0 Å². The number of hydrogen-bond donors (Lipinski definition) is 1. The summed E-state index contributed by atoms with van der Waals surface area (Å²) in [6.45, 7) is 6.61. The molecule has 1 saturated heterocycles. The molecule has 210 valence electrons. The second-order valence-electron chi connectivity index (χ2n) is 10.5. The van der Waals surface area contributed by atoms with Crippen LogP contribution >= 0.6 is 11.6 Å². The van der Waals surface area contributed by atoms with Gasteiger partial charge >= 0.3 is 0 Å². The highest BCUT2D eigenvalue weighted by atomic mass is 35.5. The molecule has 6 heteroatoms. The number of rotatable bonds is 9. The highest BCUT2D eigenvalue weighted by Gasteiger charge is 2.26. The van der Waals surface area contributed by atoms with Crippen molar-refractivity contribution < 1.29 is 10.0 Å². The third-order valence-corrected chi connectivity index (χ3v) is 8.00. The summed E-state index contributed by atoms with van der Waals surface area (Å²) >= 11 is 6.18. The van der Waals surface area contributed by atoms with Gasteiger partial charge in [-0.3, -0.25) is 19.8 Å². The number of carbonyl (C=O) groups excluding carboxylic acids is 1. The Morgan fingerprint density at radius 3 is 1.98 bits per heavy atom. The zero-order valence-electron chi connectivity index (χ0n) is 23.3. The molecule has 1 amide bonds. The van der Waals surface area contributed by atoms with Gasteiger partial charge in [-0.15, -0.1) is 0 Å². The molecule has 5 nitrogen and oxygen atoms in total. The van der Waals surface area contributed by atoms with E-state index in [1.165, 1.54) is 22.8 Å². The predicted molar refractivity (Wildman–Crippen MR) is 166 cm³/mol. The first-order valence-electron chi connectivity index (χ1n) is 14.1. The molecule has 0 saturated carbocycles. The van der Waals surface area contributed by atoms with Crippen LogP contribution in [0.5, 0.6) is 0 Å². The average Bonchev–Trinajstić information content (AvgIpc) is 3.02. The molecule has 0 spiro atoms. The lowest BCUT2D eigenvalue weighted by Crippen LogP contribution is -2.47. The van der Waals surface area contributed by atoms with E-state index in [2.05, 4.69) is 64.4 Å². The number of piperazine rings is 1. The van der Waals surface area contributed by atoms with E-state index in [0.29, 0.717) is 0 Å². The van der Waals surface area contributed by atoms with Crippen LogP contribution in [0.2, 0.25) is 5.02 Å². The number of hydrogen-bond acceptors (Lipinski definition) is 4. The molecule has 1 N–H and O–H groups in total. The van der Waals surface area contributed by atoms with Gasteiger partial charge in [0, 0.05) is 43.8 Å². The summed E-state index contributed by atoms with van der Waals surface area (Å²) in [6.07, 6.45) is 3.16. The zero-order valence-corrected chi connectivity index (χ0v) is 24.1. The molecule has 2 atom stereocenters. The Hall–Kier alpha value is -3.74. The molecule has 0 radical (unpaired) electrons. The fraction of sp³-hybridized carbons (Fsp3) is 0.229. The van der Waals surface area contributed by atoms with Crippen LogP contribution in [-0.2, 0) is 11.3 Å². The summed E-state index contributed by atoms with van der Waals surface area (Å²) in [5.41, 5.74) is 5.59. The molecule has 1 aliphatic rings. The van der Waals surface area contributed by atoms with E-state index in [1.807, 2.05) is 54.6 Å². The van der Waals surface area contributed by atoms with Crippen molar-refractivity contribution in [3.8, 4) is 0 Å². The van der Waals surface area contributed by atoms with Gasteiger partial charge in [-0.2, -0.15) is 0 Å². The first-order valence-corrected chi connectivity index (χ1v) is 14.5. The van der Waals surface area contributed by atoms with E-state index < -0.39 is 11.9 Å². The Balaban J connectivity index is 1.15. The minimum Gasteiger partial charge on any atom is -0.297 e. The van der Waals surface area contributed by atoms with Gasteiger partial charge in [-0.1, -0.05) is 109 Å². The Labute approximate surface area is 247 Å². The van der Waals surface area contributed by atoms with Crippen LogP contribution in [-0.4, -0.2) is 52.2 Å². The van der Waals surface area contributed by atoms with Crippen LogP contribution in [0.1, 0.15) is 46.8 Å². The van der Waals surface area contributed by atoms with Gasteiger partial charge in [0.25, 0.3) is 5.91 Å². The standard InChI is InChI=1S/C35H36ClN3O2/c1-27(30-8-4-2-5-9-30)39(41)34(40)21-16-28-12-14-29(15-13-28)26-37-22-24-38(25-23-37)35(31-10-6-3-7-11-31)32-17-19-33(36)20-18-32/h2-21,27,35,41H,22-26H2,1H3. The average molecular weight is 566 g/mol. The largest absolute Gasteiger partial charge is 0.297 e. The number of benzene rings is 4. The van der Waals surface area contributed by atoms with E-state index in [4.69, 9.17) is 11.6 Å². The first kappa shape index (κ1) is 28.8. The molecule has 0 bridgehead atoms. The number of hydroxylamine groups is 2. The maximum absolute atomic E-state index is 12.5. The van der Waals surface area contributed by atoms with Crippen molar-refractivity contribution in [2.45, 2.75) is 25.6 Å². The second-order valence-corrected chi connectivity index (χ2v) is 11.0. The molecule has 0 aliphatic carbocycles. The number of halogens is 1. The van der Waals surface area contributed by atoms with Crippen LogP contribution in [0.3, 0.4) is 0 Å². The highest BCUT2D eigenvalue weighted by molar-refractivity contribution is 6.30. The van der Waals surface area contributed by atoms with Crippen molar-refractivity contribution in [3.05, 3.63) is 148 Å². The summed E-state index contributed by atoms with van der Waals surface area (Å²) in [5, 5.41) is 11.9.